The van der Waals surface area contributed by atoms with Gasteiger partial charge in [0.2, 0.25) is 5.95 Å². The number of rotatable bonds is 2. The topological polar surface area (TPSA) is 91.4 Å². The summed E-state index contributed by atoms with van der Waals surface area (Å²) in [4.78, 5) is 4.29. The van der Waals surface area contributed by atoms with Crippen molar-refractivity contribution < 1.29 is 0 Å². The number of anilines is 1. The summed E-state index contributed by atoms with van der Waals surface area (Å²) in [6, 6.07) is 16.8. The average Bonchev–Trinajstić information content (AvgIpc) is 2.82. The van der Waals surface area contributed by atoms with Gasteiger partial charge in [-0.05, 0) is 35.9 Å². The highest BCUT2D eigenvalue weighted by Crippen LogP contribution is 2.21. The minimum absolute atomic E-state index is 0.391. The maximum Gasteiger partial charge on any atom is 0.201 e. The molecule has 5 heteroatoms. The molecule has 0 spiro atoms. The number of imidazole rings is 1. The van der Waals surface area contributed by atoms with Gasteiger partial charge in [-0.2, -0.15) is 10.5 Å². The smallest absolute Gasteiger partial charge is 0.201 e. The van der Waals surface area contributed by atoms with Crippen LogP contribution in [0.2, 0.25) is 0 Å². The van der Waals surface area contributed by atoms with Crippen molar-refractivity contribution in [3.63, 3.8) is 0 Å². The van der Waals surface area contributed by atoms with Crippen molar-refractivity contribution >= 4 is 17.0 Å². The summed E-state index contributed by atoms with van der Waals surface area (Å²) >= 11 is 0. The molecule has 0 radical (unpaired) electrons. The second-order valence-corrected chi connectivity index (χ2v) is 4.68. The molecule has 1 heterocycles. The fourth-order valence-electron chi connectivity index (χ4n) is 2.30. The van der Waals surface area contributed by atoms with Crippen LogP contribution >= 0.6 is 0 Å². The lowest BCUT2D eigenvalue weighted by Crippen LogP contribution is -2.04. The standard InChI is InChI=1S/C16H11N5/c17-8-11-2-1-3-13(6-11)10-21-15-7-12(9-18)4-5-14(15)20-16(21)19/h1-7H,10H2,(H2,19,20). The zero-order valence-corrected chi connectivity index (χ0v) is 11.1. The van der Waals surface area contributed by atoms with Crippen LogP contribution in [0.5, 0.6) is 0 Å². The van der Waals surface area contributed by atoms with Crippen molar-refractivity contribution in [2.75, 3.05) is 5.73 Å². The van der Waals surface area contributed by atoms with E-state index >= 15 is 0 Å². The second-order valence-electron chi connectivity index (χ2n) is 4.68. The van der Waals surface area contributed by atoms with Crippen LogP contribution in [0, 0.1) is 22.7 Å². The third-order valence-electron chi connectivity index (χ3n) is 3.30. The summed E-state index contributed by atoms with van der Waals surface area (Å²) in [5.74, 6) is 0.391. The van der Waals surface area contributed by atoms with Crippen molar-refractivity contribution in [3.05, 3.63) is 59.2 Å². The second kappa shape index (κ2) is 4.99. The molecule has 5 nitrogen and oxygen atoms in total. The zero-order valence-electron chi connectivity index (χ0n) is 11.1. The third kappa shape index (κ3) is 2.29. The predicted octanol–water partition coefficient (Wildman–Crippen LogP) is 2.41. The number of nitrogen functional groups attached to an aromatic ring is 1. The van der Waals surface area contributed by atoms with Crippen LogP contribution in [-0.2, 0) is 6.54 Å². The molecule has 0 atom stereocenters. The SMILES string of the molecule is N#Cc1cccc(Cn2c(N)nc3ccc(C#N)cc32)c1. The Bertz CT molecular complexity index is 909. The van der Waals surface area contributed by atoms with Crippen LogP contribution in [0.1, 0.15) is 16.7 Å². The third-order valence-corrected chi connectivity index (χ3v) is 3.30. The average molecular weight is 273 g/mol. The number of aromatic nitrogens is 2. The molecule has 21 heavy (non-hydrogen) atoms. The molecule has 0 aliphatic rings. The van der Waals surface area contributed by atoms with E-state index in [-0.39, 0.29) is 0 Å². The van der Waals surface area contributed by atoms with E-state index < -0.39 is 0 Å². The lowest BCUT2D eigenvalue weighted by molar-refractivity contribution is 0.838. The van der Waals surface area contributed by atoms with E-state index in [1.54, 1.807) is 24.3 Å². The van der Waals surface area contributed by atoms with E-state index in [1.807, 2.05) is 22.8 Å². The number of nitrogens with zero attached hydrogens (tertiary/aromatic N) is 4. The largest absolute Gasteiger partial charge is 0.369 e. The van der Waals surface area contributed by atoms with E-state index in [0.29, 0.717) is 23.6 Å². The van der Waals surface area contributed by atoms with Crippen molar-refractivity contribution in [2.45, 2.75) is 6.54 Å². The molecule has 0 saturated carbocycles. The van der Waals surface area contributed by atoms with Gasteiger partial charge in [0.05, 0.1) is 40.8 Å². The molecular weight excluding hydrogens is 262 g/mol. The maximum absolute atomic E-state index is 9.01. The first-order valence-corrected chi connectivity index (χ1v) is 6.36. The molecule has 0 fully saturated rings. The normalized spacial score (nSPS) is 10.2. The Balaban J connectivity index is 2.09. The molecule has 0 amide bonds. The molecule has 100 valence electrons. The van der Waals surface area contributed by atoms with Crippen LogP contribution in [0.25, 0.3) is 11.0 Å². The minimum Gasteiger partial charge on any atom is -0.369 e. The van der Waals surface area contributed by atoms with Gasteiger partial charge in [-0.25, -0.2) is 4.98 Å². The number of hydrogen-bond donors (Lipinski definition) is 1. The van der Waals surface area contributed by atoms with Crippen molar-refractivity contribution in [1.82, 2.24) is 9.55 Å². The Kier molecular flexibility index (Phi) is 3.02. The van der Waals surface area contributed by atoms with Crippen LogP contribution in [0.15, 0.2) is 42.5 Å². The van der Waals surface area contributed by atoms with Gasteiger partial charge in [0.25, 0.3) is 0 Å². The highest BCUT2D eigenvalue weighted by atomic mass is 15.1. The minimum atomic E-state index is 0.391. The first-order valence-electron chi connectivity index (χ1n) is 6.36. The number of benzene rings is 2. The Morgan fingerprint density at radius 2 is 1.81 bits per heavy atom. The van der Waals surface area contributed by atoms with Crippen LogP contribution in [-0.4, -0.2) is 9.55 Å². The fourth-order valence-corrected chi connectivity index (χ4v) is 2.30. The summed E-state index contributed by atoms with van der Waals surface area (Å²) in [6.07, 6.45) is 0. The van der Waals surface area contributed by atoms with E-state index in [9.17, 15) is 0 Å². The first-order chi connectivity index (χ1) is 10.2. The monoisotopic (exact) mass is 273 g/mol. The summed E-state index contributed by atoms with van der Waals surface area (Å²) in [5, 5.41) is 18.0. The molecular formula is C16H11N5. The zero-order chi connectivity index (χ0) is 14.8. The summed E-state index contributed by atoms with van der Waals surface area (Å²) < 4.78 is 1.84. The molecule has 0 unspecified atom stereocenters. The maximum atomic E-state index is 9.01. The van der Waals surface area contributed by atoms with Crippen molar-refractivity contribution in [2.24, 2.45) is 0 Å². The number of fused-ring (bicyclic) bond motifs is 1. The lowest BCUT2D eigenvalue weighted by atomic mass is 10.1. The molecule has 3 rings (SSSR count). The van der Waals surface area contributed by atoms with Crippen molar-refractivity contribution in [3.8, 4) is 12.1 Å². The highest BCUT2D eigenvalue weighted by Gasteiger charge is 2.09. The molecule has 0 aliphatic carbocycles. The molecule has 2 N–H and O–H groups in total. The summed E-state index contributed by atoms with van der Waals surface area (Å²) in [6.45, 7) is 0.507. The van der Waals surface area contributed by atoms with Gasteiger partial charge >= 0.3 is 0 Å². The Hall–Kier alpha value is -3.31. The first kappa shape index (κ1) is 12.7. The Morgan fingerprint density at radius 1 is 1.05 bits per heavy atom. The van der Waals surface area contributed by atoms with Gasteiger partial charge in [0.1, 0.15) is 0 Å². The highest BCUT2D eigenvalue weighted by molar-refractivity contribution is 5.80. The molecule has 1 aromatic heterocycles. The Morgan fingerprint density at radius 3 is 2.57 bits per heavy atom. The van der Waals surface area contributed by atoms with Gasteiger partial charge in [0.15, 0.2) is 0 Å². The molecule has 3 aromatic rings. The Labute approximate surface area is 121 Å². The van der Waals surface area contributed by atoms with Crippen LogP contribution in [0.3, 0.4) is 0 Å². The molecule has 2 aromatic carbocycles. The van der Waals surface area contributed by atoms with Gasteiger partial charge < -0.3 is 10.3 Å². The fraction of sp³-hybridized carbons (Fsp3) is 0.0625. The van der Waals surface area contributed by atoms with E-state index in [0.717, 1.165) is 16.6 Å². The molecule has 0 saturated heterocycles. The van der Waals surface area contributed by atoms with Crippen LogP contribution in [0.4, 0.5) is 5.95 Å². The van der Waals surface area contributed by atoms with Gasteiger partial charge in [-0.15, -0.1) is 0 Å². The van der Waals surface area contributed by atoms with Gasteiger partial charge in [0, 0.05) is 0 Å². The number of nitriles is 2. The van der Waals surface area contributed by atoms with E-state index in [1.165, 1.54) is 0 Å². The van der Waals surface area contributed by atoms with Crippen molar-refractivity contribution in [1.29, 1.82) is 10.5 Å². The summed E-state index contributed by atoms with van der Waals surface area (Å²) in [7, 11) is 0. The van der Waals surface area contributed by atoms with Gasteiger partial charge in [-0.1, -0.05) is 12.1 Å². The molecule has 0 bridgehead atoms. The van der Waals surface area contributed by atoms with E-state index in [2.05, 4.69) is 17.1 Å². The van der Waals surface area contributed by atoms with Crippen LogP contribution < -0.4 is 5.73 Å². The number of nitrogens with two attached hydrogens (primary N) is 1. The predicted molar refractivity (Wildman–Crippen MR) is 79.1 cm³/mol. The molecule has 0 aliphatic heterocycles. The van der Waals surface area contributed by atoms with E-state index in [4.69, 9.17) is 16.3 Å². The summed E-state index contributed by atoms with van der Waals surface area (Å²) in [5.41, 5.74) is 9.66. The van der Waals surface area contributed by atoms with Gasteiger partial charge in [-0.3, -0.25) is 0 Å². The number of hydrogen-bond acceptors (Lipinski definition) is 4. The quantitative estimate of drug-likeness (QED) is 0.776. The lowest BCUT2D eigenvalue weighted by Gasteiger charge is -2.07.